The number of allylic oxidation sites excluding steroid dienone is 2. The molecule has 1 aliphatic carbocycles. The van der Waals surface area contributed by atoms with Gasteiger partial charge in [0.15, 0.2) is 0 Å². The van der Waals surface area contributed by atoms with Crippen molar-refractivity contribution in [3.8, 4) is 0 Å². The maximum Gasteiger partial charge on any atom is 0.282 e. The molecule has 0 spiro atoms. The predicted octanol–water partition coefficient (Wildman–Crippen LogP) is 2.26. The normalized spacial score (nSPS) is 20.9. The van der Waals surface area contributed by atoms with E-state index in [1.165, 1.54) is 0 Å². The summed E-state index contributed by atoms with van der Waals surface area (Å²) in [6.45, 7) is 1.82. The molecule has 0 N–H and O–H groups in total. The number of non-ortho nitro benzene ring substituents is 1. The molecule has 2 rings (SSSR count). The lowest BCUT2D eigenvalue weighted by molar-refractivity contribution is -0.384. The van der Waals surface area contributed by atoms with Crippen LogP contribution in [0.4, 0.5) is 5.69 Å². The SMILES string of the molecule is COC1(C)C=CC(=NS(=O)(=O)c2ccc([N+](=O)[O-])cc2)C=C1. The van der Waals surface area contributed by atoms with Crippen molar-refractivity contribution in [3.05, 3.63) is 58.7 Å². The van der Waals surface area contributed by atoms with Crippen molar-refractivity contribution in [2.45, 2.75) is 17.4 Å². The van der Waals surface area contributed by atoms with E-state index >= 15 is 0 Å². The molecule has 0 fully saturated rings. The monoisotopic (exact) mass is 322 g/mol. The molecule has 1 aliphatic rings. The number of hydrogen-bond acceptors (Lipinski definition) is 5. The highest BCUT2D eigenvalue weighted by Gasteiger charge is 2.20. The molecule has 0 unspecified atom stereocenters. The summed E-state index contributed by atoms with van der Waals surface area (Å²) in [6, 6.07) is 4.57. The van der Waals surface area contributed by atoms with Crippen molar-refractivity contribution in [2.24, 2.45) is 4.40 Å². The fraction of sp³-hybridized carbons (Fsp3) is 0.214. The zero-order chi connectivity index (χ0) is 16.4. The van der Waals surface area contributed by atoms with E-state index in [-0.39, 0.29) is 16.3 Å². The third-order valence-electron chi connectivity index (χ3n) is 3.18. The number of sulfonamides is 1. The fourth-order valence-electron chi connectivity index (χ4n) is 1.74. The Hall–Kier alpha value is -2.32. The van der Waals surface area contributed by atoms with Crippen molar-refractivity contribution in [1.82, 2.24) is 0 Å². The van der Waals surface area contributed by atoms with Crippen molar-refractivity contribution < 1.29 is 18.1 Å². The van der Waals surface area contributed by atoms with Gasteiger partial charge < -0.3 is 4.74 Å². The molecule has 22 heavy (non-hydrogen) atoms. The first kappa shape index (κ1) is 16.1. The van der Waals surface area contributed by atoms with Gasteiger partial charge in [0, 0.05) is 19.2 Å². The molecular weight excluding hydrogens is 308 g/mol. The summed E-state index contributed by atoms with van der Waals surface area (Å²) in [5.41, 5.74) is -0.510. The summed E-state index contributed by atoms with van der Waals surface area (Å²) in [5, 5.41) is 10.6. The second-order valence-electron chi connectivity index (χ2n) is 4.80. The minimum atomic E-state index is -3.92. The Bertz CT molecular complexity index is 760. The molecule has 0 aliphatic heterocycles. The van der Waals surface area contributed by atoms with Gasteiger partial charge in [0.25, 0.3) is 15.7 Å². The largest absolute Gasteiger partial charge is 0.370 e. The Morgan fingerprint density at radius 1 is 1.18 bits per heavy atom. The van der Waals surface area contributed by atoms with E-state index < -0.39 is 20.5 Å². The Kier molecular flexibility index (Phi) is 4.25. The highest BCUT2D eigenvalue weighted by Crippen LogP contribution is 2.20. The number of benzene rings is 1. The van der Waals surface area contributed by atoms with Gasteiger partial charge in [0.1, 0.15) is 5.60 Å². The maximum absolute atomic E-state index is 12.2. The number of nitro benzene ring substituents is 1. The number of nitrogens with zero attached hydrogens (tertiary/aromatic N) is 2. The summed E-state index contributed by atoms with van der Waals surface area (Å²) in [5.74, 6) is 0. The third kappa shape index (κ3) is 3.46. The molecule has 7 nitrogen and oxygen atoms in total. The van der Waals surface area contributed by atoms with Crippen LogP contribution >= 0.6 is 0 Å². The van der Waals surface area contributed by atoms with Crippen LogP contribution in [0.15, 0.2) is 57.9 Å². The first-order valence-corrected chi connectivity index (χ1v) is 7.73. The summed E-state index contributed by atoms with van der Waals surface area (Å²) in [7, 11) is -2.38. The number of methoxy groups -OCH3 is 1. The van der Waals surface area contributed by atoms with Gasteiger partial charge in [-0.2, -0.15) is 12.8 Å². The maximum atomic E-state index is 12.2. The van der Waals surface area contributed by atoms with Gasteiger partial charge in [-0.05, 0) is 43.4 Å². The van der Waals surface area contributed by atoms with E-state index in [0.29, 0.717) is 0 Å². The first-order chi connectivity index (χ1) is 10.3. The molecule has 8 heteroatoms. The van der Waals surface area contributed by atoms with E-state index in [4.69, 9.17) is 4.74 Å². The minimum absolute atomic E-state index is 0.104. The molecule has 0 saturated heterocycles. The molecule has 0 atom stereocenters. The minimum Gasteiger partial charge on any atom is -0.370 e. The van der Waals surface area contributed by atoms with Crippen molar-refractivity contribution >= 4 is 21.4 Å². The number of rotatable bonds is 4. The van der Waals surface area contributed by atoms with E-state index in [1.807, 2.05) is 6.92 Å². The van der Waals surface area contributed by atoms with Crippen molar-refractivity contribution in [3.63, 3.8) is 0 Å². The number of nitro groups is 1. The van der Waals surface area contributed by atoms with Crippen LogP contribution in [0, 0.1) is 10.1 Å². The zero-order valence-electron chi connectivity index (χ0n) is 12.0. The van der Waals surface area contributed by atoms with Crippen LogP contribution in [0.1, 0.15) is 6.92 Å². The lowest BCUT2D eigenvalue weighted by atomic mass is 10.00. The Morgan fingerprint density at radius 2 is 1.73 bits per heavy atom. The van der Waals surface area contributed by atoms with Crippen LogP contribution in [0.25, 0.3) is 0 Å². The van der Waals surface area contributed by atoms with Gasteiger partial charge in [-0.3, -0.25) is 10.1 Å². The quantitative estimate of drug-likeness (QED) is 0.625. The van der Waals surface area contributed by atoms with Crippen molar-refractivity contribution in [1.29, 1.82) is 0 Å². The van der Waals surface area contributed by atoms with E-state index in [2.05, 4.69) is 4.40 Å². The second kappa shape index (κ2) is 5.82. The average molecular weight is 322 g/mol. The van der Waals surface area contributed by atoms with Crippen LogP contribution in [0.3, 0.4) is 0 Å². The standard InChI is InChI=1S/C14H14N2O5S/c1-14(21-2)9-7-11(8-10-14)15-22(19,20)13-5-3-12(4-6-13)16(17)18/h3-10H,1-2H3. The molecule has 0 radical (unpaired) electrons. The van der Waals surface area contributed by atoms with Gasteiger partial charge in [0.2, 0.25) is 0 Å². The first-order valence-electron chi connectivity index (χ1n) is 6.29. The molecule has 1 aromatic carbocycles. The Morgan fingerprint density at radius 3 is 2.18 bits per heavy atom. The summed E-state index contributed by atoms with van der Waals surface area (Å²) < 4.78 is 33.2. The van der Waals surface area contributed by atoms with Gasteiger partial charge in [-0.1, -0.05) is 0 Å². The highest BCUT2D eigenvalue weighted by molar-refractivity contribution is 7.90. The van der Waals surface area contributed by atoms with Gasteiger partial charge >= 0.3 is 0 Å². The average Bonchev–Trinajstić information content (AvgIpc) is 2.50. The Balaban J connectivity index is 2.29. The van der Waals surface area contributed by atoms with Crippen LogP contribution in [0.2, 0.25) is 0 Å². The van der Waals surface area contributed by atoms with Crippen LogP contribution < -0.4 is 0 Å². The topological polar surface area (TPSA) is 98.9 Å². The van der Waals surface area contributed by atoms with Gasteiger partial charge in [0.05, 0.1) is 15.5 Å². The molecule has 0 bridgehead atoms. The van der Waals surface area contributed by atoms with E-state index in [0.717, 1.165) is 24.3 Å². The molecular formula is C14H14N2O5S. The Labute approximate surface area is 127 Å². The van der Waals surface area contributed by atoms with E-state index in [9.17, 15) is 18.5 Å². The molecule has 1 aromatic rings. The highest BCUT2D eigenvalue weighted by atomic mass is 32.2. The predicted molar refractivity (Wildman–Crippen MR) is 81.4 cm³/mol. The second-order valence-corrected chi connectivity index (χ2v) is 6.40. The third-order valence-corrected chi connectivity index (χ3v) is 4.50. The summed E-state index contributed by atoms with van der Waals surface area (Å²) >= 11 is 0. The molecule has 0 amide bonds. The molecule has 0 heterocycles. The van der Waals surface area contributed by atoms with Gasteiger partial charge in [-0.25, -0.2) is 0 Å². The van der Waals surface area contributed by atoms with E-state index in [1.54, 1.807) is 31.4 Å². The summed E-state index contributed by atoms with van der Waals surface area (Å²) in [4.78, 5) is 9.87. The number of ether oxygens (including phenoxy) is 1. The van der Waals surface area contributed by atoms with Crippen LogP contribution in [0.5, 0.6) is 0 Å². The van der Waals surface area contributed by atoms with Crippen LogP contribution in [-0.4, -0.2) is 31.8 Å². The molecule has 0 saturated carbocycles. The van der Waals surface area contributed by atoms with Crippen molar-refractivity contribution in [2.75, 3.05) is 7.11 Å². The lowest BCUT2D eigenvalue weighted by Crippen LogP contribution is -2.24. The lowest BCUT2D eigenvalue weighted by Gasteiger charge is -2.22. The van der Waals surface area contributed by atoms with Crippen LogP contribution in [-0.2, 0) is 14.8 Å². The zero-order valence-corrected chi connectivity index (χ0v) is 12.8. The molecule has 116 valence electrons. The van der Waals surface area contributed by atoms with Gasteiger partial charge in [-0.15, -0.1) is 0 Å². The smallest absolute Gasteiger partial charge is 0.282 e. The molecule has 0 aromatic heterocycles. The number of hydrogen-bond donors (Lipinski definition) is 0. The fourth-order valence-corrected chi connectivity index (χ4v) is 2.73. The summed E-state index contributed by atoms with van der Waals surface area (Å²) in [6.07, 6.45) is 6.48.